The first-order chi connectivity index (χ1) is 26.6. The number of carbonyl (C=O) groups is 4. The van der Waals surface area contributed by atoms with Crippen molar-refractivity contribution in [2.75, 3.05) is 12.3 Å². The third kappa shape index (κ3) is 11.5. The van der Waals surface area contributed by atoms with Gasteiger partial charge in [0.05, 0.1) is 4.75 Å². The SMILES string of the molecule is O=C(O)CNC(=O)[C@H](CSC(c1ccccc1)(c1ccccc1)c1ccccc1)NC(=O)CC[C@H](NP(=O)(Cc1ccccc1)Cc1ccccc1)C(=O)O. The summed E-state index contributed by atoms with van der Waals surface area (Å²) in [5.74, 6) is -3.80. The van der Waals surface area contributed by atoms with Crippen LogP contribution >= 0.6 is 19.1 Å². The van der Waals surface area contributed by atoms with Gasteiger partial charge in [-0.1, -0.05) is 152 Å². The Morgan fingerprint density at radius 1 is 0.618 bits per heavy atom. The Labute approximate surface area is 325 Å². The van der Waals surface area contributed by atoms with Crippen LogP contribution in [-0.4, -0.2) is 58.3 Å². The molecule has 0 bridgehead atoms. The summed E-state index contributed by atoms with van der Waals surface area (Å²) in [7, 11) is -3.40. The molecule has 0 spiro atoms. The first-order valence-electron chi connectivity index (χ1n) is 17.8. The van der Waals surface area contributed by atoms with E-state index in [4.69, 9.17) is 0 Å². The highest BCUT2D eigenvalue weighted by Gasteiger charge is 2.39. The van der Waals surface area contributed by atoms with Crippen LogP contribution in [0.5, 0.6) is 0 Å². The van der Waals surface area contributed by atoms with E-state index in [1.165, 1.54) is 11.8 Å². The van der Waals surface area contributed by atoms with E-state index in [-0.39, 0.29) is 30.9 Å². The van der Waals surface area contributed by atoms with Gasteiger partial charge in [-0.05, 0) is 34.2 Å². The third-order valence-electron chi connectivity index (χ3n) is 8.98. The quantitative estimate of drug-likeness (QED) is 0.0418. The van der Waals surface area contributed by atoms with Crippen LogP contribution in [0.1, 0.15) is 40.7 Å². The minimum Gasteiger partial charge on any atom is -0.480 e. The second-order valence-electron chi connectivity index (χ2n) is 13.1. The smallest absolute Gasteiger partial charge is 0.322 e. The van der Waals surface area contributed by atoms with Gasteiger partial charge in [0.25, 0.3) is 0 Å². The molecule has 0 saturated heterocycles. The third-order valence-corrected chi connectivity index (χ3v) is 13.2. The molecule has 5 rings (SSSR count). The van der Waals surface area contributed by atoms with Crippen molar-refractivity contribution in [1.29, 1.82) is 0 Å². The van der Waals surface area contributed by atoms with Crippen molar-refractivity contribution in [3.8, 4) is 0 Å². The summed E-state index contributed by atoms with van der Waals surface area (Å²) >= 11 is 1.41. The molecule has 0 radical (unpaired) electrons. The minimum absolute atomic E-state index is 0.0276. The normalized spacial score (nSPS) is 12.6. The molecular weight excluding hydrogens is 734 g/mol. The average molecular weight is 778 g/mol. The lowest BCUT2D eigenvalue weighted by Crippen LogP contribution is -2.50. The van der Waals surface area contributed by atoms with Gasteiger partial charge in [-0.15, -0.1) is 11.8 Å². The molecular formula is C43H44N3O7PS. The van der Waals surface area contributed by atoms with Crippen LogP contribution in [0.4, 0.5) is 0 Å². The van der Waals surface area contributed by atoms with Crippen molar-refractivity contribution in [2.24, 2.45) is 0 Å². The second-order valence-corrected chi connectivity index (χ2v) is 17.0. The fraction of sp³-hybridized carbons (Fsp3) is 0.209. The fourth-order valence-corrected chi connectivity index (χ4v) is 10.7. The van der Waals surface area contributed by atoms with Gasteiger partial charge in [-0.3, -0.25) is 24.3 Å². The molecule has 5 N–H and O–H groups in total. The standard InChI is InChI=1S/C43H44N3O7PS/c47-39(27-26-37(42(51)52)46-54(53,29-32-16-6-1-7-17-32)30-33-18-8-2-9-19-33)45-38(41(50)44-28-40(48)49)31-55-43(34-20-10-3-11-21-34,35-22-12-4-13-23-35)36-24-14-5-15-25-36/h1-25,37-38H,26-31H2,(H,44,50)(H,45,47)(H,46,53)(H,48,49)(H,51,52)/t37-,38-/m0/s1. The Kier molecular flexibility index (Phi) is 14.6. The lowest BCUT2D eigenvalue weighted by Gasteiger charge is -2.36. The van der Waals surface area contributed by atoms with Crippen molar-refractivity contribution in [3.05, 3.63) is 179 Å². The van der Waals surface area contributed by atoms with E-state index in [0.717, 1.165) is 27.8 Å². The highest BCUT2D eigenvalue weighted by Crippen LogP contribution is 2.50. The molecule has 12 heteroatoms. The number of hydrogen-bond acceptors (Lipinski definition) is 6. The molecule has 5 aromatic carbocycles. The molecule has 0 aromatic heterocycles. The summed E-state index contributed by atoms with van der Waals surface area (Å²) in [5, 5.41) is 27.6. The summed E-state index contributed by atoms with van der Waals surface area (Å²) in [4.78, 5) is 51.1. The van der Waals surface area contributed by atoms with Gasteiger partial charge in [-0.2, -0.15) is 0 Å². The molecule has 0 aliphatic carbocycles. The van der Waals surface area contributed by atoms with Crippen LogP contribution in [0.25, 0.3) is 0 Å². The number of aliphatic carboxylic acids is 2. The van der Waals surface area contributed by atoms with E-state index < -0.39 is 54.4 Å². The van der Waals surface area contributed by atoms with Crippen LogP contribution < -0.4 is 15.7 Å². The lowest BCUT2D eigenvalue weighted by atomic mass is 9.84. The number of nitrogens with one attached hydrogen (secondary N) is 3. The summed E-state index contributed by atoms with van der Waals surface area (Å²) in [6.07, 6.45) is -0.315. The monoisotopic (exact) mass is 777 g/mol. The zero-order chi connectivity index (χ0) is 39.1. The molecule has 2 atom stereocenters. The number of benzene rings is 5. The number of carbonyl (C=O) groups excluding carboxylic acids is 2. The van der Waals surface area contributed by atoms with Gasteiger partial charge in [-0.25, -0.2) is 0 Å². The fourth-order valence-electron chi connectivity index (χ4n) is 6.42. The molecule has 0 aliphatic rings. The average Bonchev–Trinajstić information content (AvgIpc) is 3.20. The molecule has 10 nitrogen and oxygen atoms in total. The predicted octanol–water partition coefficient (Wildman–Crippen LogP) is 6.90. The molecule has 0 heterocycles. The maximum atomic E-state index is 14.5. The molecule has 55 heavy (non-hydrogen) atoms. The number of rotatable bonds is 20. The Hall–Kier alpha value is -5.48. The van der Waals surface area contributed by atoms with Crippen LogP contribution in [0.15, 0.2) is 152 Å². The molecule has 0 saturated carbocycles. The zero-order valence-electron chi connectivity index (χ0n) is 30.1. The molecule has 284 valence electrons. The van der Waals surface area contributed by atoms with Crippen molar-refractivity contribution >= 4 is 42.8 Å². The summed E-state index contributed by atoms with van der Waals surface area (Å²) < 4.78 is 13.6. The molecule has 5 aromatic rings. The molecule has 2 amide bonds. The number of carboxylic acid groups (broad SMARTS) is 2. The van der Waals surface area contributed by atoms with Gasteiger partial charge in [0.2, 0.25) is 11.8 Å². The van der Waals surface area contributed by atoms with Crippen molar-refractivity contribution in [3.63, 3.8) is 0 Å². The van der Waals surface area contributed by atoms with E-state index in [9.17, 15) is 34.0 Å². The van der Waals surface area contributed by atoms with Crippen LogP contribution in [-0.2, 0) is 40.8 Å². The lowest BCUT2D eigenvalue weighted by molar-refractivity contribution is -0.139. The summed E-state index contributed by atoms with van der Waals surface area (Å²) in [6.45, 7) is -0.653. The zero-order valence-corrected chi connectivity index (χ0v) is 31.8. The van der Waals surface area contributed by atoms with E-state index in [1.54, 1.807) is 0 Å². The van der Waals surface area contributed by atoms with E-state index >= 15 is 0 Å². The van der Waals surface area contributed by atoms with E-state index in [1.807, 2.05) is 152 Å². The minimum atomic E-state index is -3.40. The van der Waals surface area contributed by atoms with Gasteiger partial charge in [0.15, 0.2) is 7.29 Å². The van der Waals surface area contributed by atoms with Crippen molar-refractivity contribution < 1.29 is 34.0 Å². The second kappa shape index (κ2) is 19.7. The van der Waals surface area contributed by atoms with E-state index in [0.29, 0.717) is 0 Å². The predicted molar refractivity (Wildman–Crippen MR) is 216 cm³/mol. The largest absolute Gasteiger partial charge is 0.480 e. The maximum absolute atomic E-state index is 14.5. The van der Waals surface area contributed by atoms with Crippen LogP contribution in [0.3, 0.4) is 0 Å². The van der Waals surface area contributed by atoms with Gasteiger partial charge < -0.3 is 25.4 Å². The van der Waals surface area contributed by atoms with Gasteiger partial charge >= 0.3 is 11.9 Å². The highest BCUT2D eigenvalue weighted by molar-refractivity contribution is 8.00. The topological polar surface area (TPSA) is 162 Å². The maximum Gasteiger partial charge on any atom is 0.322 e. The molecule has 0 fully saturated rings. The Morgan fingerprint density at radius 3 is 1.44 bits per heavy atom. The first-order valence-corrected chi connectivity index (χ1v) is 20.9. The van der Waals surface area contributed by atoms with E-state index in [2.05, 4.69) is 15.7 Å². The number of hydrogen-bond donors (Lipinski definition) is 5. The van der Waals surface area contributed by atoms with Gasteiger partial charge in [0, 0.05) is 24.5 Å². The number of carboxylic acids is 2. The van der Waals surface area contributed by atoms with Gasteiger partial charge in [0.1, 0.15) is 18.6 Å². The Bertz CT molecular complexity index is 1920. The Morgan fingerprint density at radius 2 is 1.04 bits per heavy atom. The number of amides is 2. The first kappa shape index (κ1) is 40.7. The molecule has 0 aliphatic heterocycles. The highest BCUT2D eigenvalue weighted by atomic mass is 32.2. The van der Waals surface area contributed by atoms with Crippen molar-refractivity contribution in [2.45, 2.75) is 42.0 Å². The van der Waals surface area contributed by atoms with Crippen LogP contribution in [0.2, 0.25) is 0 Å². The van der Waals surface area contributed by atoms with Crippen molar-refractivity contribution in [1.82, 2.24) is 15.7 Å². The molecule has 0 unspecified atom stereocenters. The summed E-state index contributed by atoms with van der Waals surface area (Å²) in [5.41, 5.74) is 4.35. The van der Waals surface area contributed by atoms with Crippen LogP contribution in [0, 0.1) is 0 Å². The summed E-state index contributed by atoms with van der Waals surface area (Å²) in [6, 6.07) is 45.1. The Balaban J connectivity index is 1.38. The number of thioether (sulfide) groups is 1.